The molecule has 0 fully saturated rings. The molecule has 0 aliphatic rings. The van der Waals surface area contributed by atoms with Gasteiger partial charge in [0.2, 0.25) is 0 Å². The highest BCUT2D eigenvalue weighted by molar-refractivity contribution is 7.92. The number of anilines is 1. The summed E-state index contributed by atoms with van der Waals surface area (Å²) in [6, 6.07) is 21.5. The van der Waals surface area contributed by atoms with Gasteiger partial charge in [-0.15, -0.1) is 0 Å². The fraction of sp³-hybridized carbons (Fsp3) is 0.231. The molecule has 1 N–H and O–H groups in total. The highest BCUT2D eigenvalue weighted by Crippen LogP contribution is 2.28. The van der Waals surface area contributed by atoms with Gasteiger partial charge in [-0.25, -0.2) is 13.2 Å². The first-order valence-corrected chi connectivity index (χ1v) is 12.5. The number of nitrogens with one attached hydrogen (secondary N) is 1. The van der Waals surface area contributed by atoms with Crippen LogP contribution in [-0.2, 0) is 26.1 Å². The van der Waals surface area contributed by atoms with E-state index in [0.717, 1.165) is 12.0 Å². The number of sulfonamides is 1. The summed E-state index contributed by atoms with van der Waals surface area (Å²) in [5, 5.41) is 2.61. The van der Waals surface area contributed by atoms with Crippen LogP contribution in [0.3, 0.4) is 0 Å². The van der Waals surface area contributed by atoms with Gasteiger partial charge in [0.15, 0.2) is 6.61 Å². The number of amides is 1. The van der Waals surface area contributed by atoms with E-state index in [1.54, 1.807) is 24.3 Å². The van der Waals surface area contributed by atoms with Crippen LogP contribution in [0.2, 0.25) is 0 Å². The van der Waals surface area contributed by atoms with E-state index in [0.29, 0.717) is 18.0 Å². The molecule has 3 rings (SSSR count). The highest BCUT2D eigenvalue weighted by atomic mass is 32.2. The van der Waals surface area contributed by atoms with Crippen molar-refractivity contribution in [2.24, 2.45) is 0 Å². The molecule has 0 aliphatic heterocycles. The van der Waals surface area contributed by atoms with E-state index in [2.05, 4.69) is 5.32 Å². The number of nitrogens with zero attached hydrogens (tertiary/aromatic N) is 1. The van der Waals surface area contributed by atoms with Crippen LogP contribution in [0.5, 0.6) is 5.75 Å². The summed E-state index contributed by atoms with van der Waals surface area (Å²) in [6.45, 7) is 2.03. The third-order valence-electron chi connectivity index (χ3n) is 5.09. The van der Waals surface area contributed by atoms with Crippen molar-refractivity contribution in [3.05, 3.63) is 90.0 Å². The Kier molecular flexibility index (Phi) is 8.86. The molecule has 3 aromatic rings. The largest absolute Gasteiger partial charge is 0.497 e. The van der Waals surface area contributed by atoms with Gasteiger partial charge in [0, 0.05) is 6.54 Å². The van der Waals surface area contributed by atoms with Gasteiger partial charge in [0.05, 0.1) is 29.8 Å². The zero-order valence-electron chi connectivity index (χ0n) is 19.6. The van der Waals surface area contributed by atoms with Crippen LogP contribution in [0.25, 0.3) is 0 Å². The summed E-state index contributed by atoms with van der Waals surface area (Å²) in [5.41, 5.74) is 1.26. The van der Waals surface area contributed by atoms with E-state index in [-0.39, 0.29) is 17.0 Å². The third-order valence-corrected chi connectivity index (χ3v) is 6.86. The first kappa shape index (κ1) is 25.8. The maximum Gasteiger partial charge on any atom is 0.338 e. The second kappa shape index (κ2) is 12.0. The van der Waals surface area contributed by atoms with Crippen LogP contribution in [0.1, 0.15) is 29.3 Å². The molecule has 184 valence electrons. The van der Waals surface area contributed by atoms with Crippen molar-refractivity contribution in [1.82, 2.24) is 5.32 Å². The lowest BCUT2D eigenvalue weighted by Gasteiger charge is -2.25. The van der Waals surface area contributed by atoms with Crippen LogP contribution in [0.15, 0.2) is 83.8 Å². The number of esters is 1. The average Bonchev–Trinajstić information content (AvgIpc) is 2.89. The van der Waals surface area contributed by atoms with Crippen LogP contribution in [0, 0.1) is 0 Å². The summed E-state index contributed by atoms with van der Waals surface area (Å²) >= 11 is 0. The SMILES string of the molecule is CCCNC(=O)COC(=O)c1cccc(S(=O)(=O)N(Cc2ccccc2)c2ccc(OC)cc2)c1. The molecule has 3 aromatic carbocycles. The topological polar surface area (TPSA) is 102 Å². The fourth-order valence-corrected chi connectivity index (χ4v) is 4.75. The number of hydrogen-bond acceptors (Lipinski definition) is 6. The summed E-state index contributed by atoms with van der Waals surface area (Å²) in [5.74, 6) is -0.608. The highest BCUT2D eigenvalue weighted by Gasteiger charge is 2.26. The van der Waals surface area contributed by atoms with Crippen molar-refractivity contribution in [2.75, 3.05) is 24.6 Å². The van der Waals surface area contributed by atoms with E-state index < -0.39 is 28.5 Å². The Hall–Kier alpha value is -3.85. The number of ether oxygens (including phenoxy) is 2. The molecular formula is C26H28N2O6S. The monoisotopic (exact) mass is 496 g/mol. The quantitative estimate of drug-likeness (QED) is 0.406. The summed E-state index contributed by atoms with van der Waals surface area (Å²) in [6.07, 6.45) is 0.757. The maximum absolute atomic E-state index is 13.7. The number of hydrogen-bond donors (Lipinski definition) is 1. The molecule has 0 heterocycles. The molecule has 0 saturated heterocycles. The Bertz CT molecular complexity index is 1240. The predicted octanol–water partition coefficient (Wildman–Crippen LogP) is 3.77. The van der Waals surface area contributed by atoms with E-state index >= 15 is 0 Å². The Morgan fingerprint density at radius 1 is 0.943 bits per heavy atom. The smallest absolute Gasteiger partial charge is 0.338 e. The summed E-state index contributed by atoms with van der Waals surface area (Å²) in [7, 11) is -2.53. The lowest BCUT2D eigenvalue weighted by molar-refractivity contribution is -0.124. The first-order chi connectivity index (χ1) is 16.8. The van der Waals surface area contributed by atoms with Gasteiger partial charge in [-0.2, -0.15) is 0 Å². The molecule has 0 atom stereocenters. The maximum atomic E-state index is 13.7. The molecular weight excluding hydrogens is 468 g/mol. The van der Waals surface area contributed by atoms with Crippen LogP contribution < -0.4 is 14.4 Å². The number of carbonyl (C=O) groups excluding carboxylic acids is 2. The lowest BCUT2D eigenvalue weighted by atomic mass is 10.2. The summed E-state index contributed by atoms with van der Waals surface area (Å²) < 4.78 is 39.0. The van der Waals surface area contributed by atoms with Gasteiger partial charge >= 0.3 is 5.97 Å². The van der Waals surface area contributed by atoms with Gasteiger partial charge in [0.1, 0.15) is 5.75 Å². The van der Waals surface area contributed by atoms with Gasteiger partial charge in [-0.1, -0.05) is 43.3 Å². The molecule has 8 nitrogen and oxygen atoms in total. The molecule has 9 heteroatoms. The number of benzene rings is 3. The minimum atomic E-state index is -4.07. The molecule has 0 unspecified atom stereocenters. The van der Waals surface area contributed by atoms with E-state index in [4.69, 9.17) is 9.47 Å². The number of rotatable bonds is 11. The fourth-order valence-electron chi connectivity index (χ4n) is 3.25. The van der Waals surface area contributed by atoms with Crippen LogP contribution >= 0.6 is 0 Å². The average molecular weight is 497 g/mol. The standard InChI is InChI=1S/C26H28N2O6S/c1-3-16-27-25(29)19-34-26(30)21-10-7-11-24(17-21)35(31,32)28(18-20-8-5-4-6-9-20)22-12-14-23(33-2)15-13-22/h4-15,17H,3,16,18-19H2,1-2H3,(H,27,29). The molecule has 0 aromatic heterocycles. The van der Waals surface area contributed by atoms with Crippen molar-refractivity contribution in [3.8, 4) is 5.75 Å². The minimum Gasteiger partial charge on any atom is -0.497 e. The Labute approximate surface area is 205 Å². The lowest BCUT2D eigenvalue weighted by Crippen LogP contribution is -2.31. The summed E-state index contributed by atoms with van der Waals surface area (Å²) in [4.78, 5) is 24.1. The van der Waals surface area contributed by atoms with Gasteiger partial charge in [0.25, 0.3) is 15.9 Å². The molecule has 1 amide bonds. The molecule has 0 saturated carbocycles. The minimum absolute atomic E-state index is 0.0313. The zero-order chi connectivity index (χ0) is 25.3. The molecule has 0 aliphatic carbocycles. The third kappa shape index (κ3) is 6.83. The van der Waals surface area contributed by atoms with Gasteiger partial charge in [-0.3, -0.25) is 9.10 Å². The van der Waals surface area contributed by atoms with Crippen molar-refractivity contribution < 1.29 is 27.5 Å². The Balaban J connectivity index is 1.89. The zero-order valence-corrected chi connectivity index (χ0v) is 20.5. The predicted molar refractivity (Wildman–Crippen MR) is 133 cm³/mol. The Morgan fingerprint density at radius 3 is 2.31 bits per heavy atom. The second-order valence-corrected chi connectivity index (χ2v) is 9.51. The first-order valence-electron chi connectivity index (χ1n) is 11.1. The van der Waals surface area contributed by atoms with E-state index in [9.17, 15) is 18.0 Å². The second-order valence-electron chi connectivity index (χ2n) is 7.65. The molecule has 0 bridgehead atoms. The number of methoxy groups -OCH3 is 1. The van der Waals surface area contributed by atoms with Crippen molar-refractivity contribution >= 4 is 27.6 Å². The van der Waals surface area contributed by atoms with E-state index in [1.165, 1.54) is 35.7 Å². The van der Waals surface area contributed by atoms with Gasteiger partial charge < -0.3 is 14.8 Å². The molecule has 0 spiro atoms. The van der Waals surface area contributed by atoms with Crippen molar-refractivity contribution in [2.45, 2.75) is 24.8 Å². The Morgan fingerprint density at radius 2 is 1.66 bits per heavy atom. The van der Waals surface area contributed by atoms with Crippen LogP contribution in [0.4, 0.5) is 5.69 Å². The number of carbonyl (C=O) groups is 2. The normalized spacial score (nSPS) is 10.9. The van der Waals surface area contributed by atoms with Crippen LogP contribution in [-0.4, -0.2) is 40.6 Å². The van der Waals surface area contributed by atoms with E-state index in [1.807, 2.05) is 37.3 Å². The molecule has 35 heavy (non-hydrogen) atoms. The van der Waals surface area contributed by atoms with Gasteiger partial charge in [-0.05, 0) is 54.4 Å². The van der Waals surface area contributed by atoms with Crippen molar-refractivity contribution in [1.29, 1.82) is 0 Å². The van der Waals surface area contributed by atoms with Crippen molar-refractivity contribution in [3.63, 3.8) is 0 Å². The molecule has 0 radical (unpaired) electrons.